The lowest BCUT2D eigenvalue weighted by Gasteiger charge is -2.07. The molecule has 0 aliphatic rings. The highest BCUT2D eigenvalue weighted by atomic mass is 32.2. The van der Waals surface area contributed by atoms with Crippen molar-refractivity contribution in [2.24, 2.45) is 0 Å². The number of hydrogen-bond acceptors (Lipinski definition) is 4. The van der Waals surface area contributed by atoms with Crippen LogP contribution in [0.1, 0.15) is 11.1 Å². The summed E-state index contributed by atoms with van der Waals surface area (Å²) in [6.07, 6.45) is 0.444. The van der Waals surface area contributed by atoms with E-state index in [1.165, 1.54) is 36.4 Å². The van der Waals surface area contributed by atoms with Crippen LogP contribution >= 0.6 is 0 Å². The monoisotopic (exact) mass is 338 g/mol. The smallest absolute Gasteiger partial charge is 0.258 e. The molecule has 2 aromatic rings. The molecule has 23 heavy (non-hydrogen) atoms. The van der Waals surface area contributed by atoms with Gasteiger partial charge in [0.1, 0.15) is 5.82 Å². The van der Waals surface area contributed by atoms with E-state index in [1.807, 2.05) is 0 Å². The Balaban J connectivity index is 1.88. The average molecular weight is 338 g/mol. The number of nitrogens with one attached hydrogen (secondary N) is 1. The molecule has 0 spiro atoms. The Hall–Kier alpha value is -2.32. The van der Waals surface area contributed by atoms with Crippen molar-refractivity contribution in [2.75, 3.05) is 6.54 Å². The molecule has 0 aromatic heterocycles. The van der Waals surface area contributed by atoms with Gasteiger partial charge in [-0.2, -0.15) is 0 Å². The van der Waals surface area contributed by atoms with Gasteiger partial charge in [0, 0.05) is 18.7 Å². The van der Waals surface area contributed by atoms with E-state index in [0.717, 1.165) is 5.56 Å². The zero-order valence-corrected chi connectivity index (χ0v) is 12.9. The number of sulfonamides is 1. The maximum absolute atomic E-state index is 12.8. The molecule has 8 heteroatoms. The third-order valence-corrected chi connectivity index (χ3v) is 4.51. The Labute approximate surface area is 133 Å². The molecule has 0 bridgehead atoms. The van der Waals surface area contributed by atoms with Crippen LogP contribution in [0.3, 0.4) is 0 Å². The largest absolute Gasteiger partial charge is 0.269 e. The maximum Gasteiger partial charge on any atom is 0.269 e. The summed E-state index contributed by atoms with van der Waals surface area (Å²) in [5, 5.41) is 10.5. The van der Waals surface area contributed by atoms with Gasteiger partial charge in [0.05, 0.1) is 10.7 Å². The van der Waals surface area contributed by atoms with E-state index in [-0.39, 0.29) is 23.8 Å². The van der Waals surface area contributed by atoms with Gasteiger partial charge in [0.25, 0.3) is 5.69 Å². The number of rotatable bonds is 7. The van der Waals surface area contributed by atoms with Crippen LogP contribution < -0.4 is 4.72 Å². The normalized spacial score (nSPS) is 11.3. The minimum Gasteiger partial charge on any atom is -0.258 e. The summed E-state index contributed by atoms with van der Waals surface area (Å²) >= 11 is 0. The Morgan fingerprint density at radius 1 is 1.00 bits per heavy atom. The van der Waals surface area contributed by atoms with Crippen molar-refractivity contribution >= 4 is 15.7 Å². The molecule has 0 radical (unpaired) electrons. The first kappa shape index (κ1) is 17.0. The zero-order valence-electron chi connectivity index (χ0n) is 12.1. The molecule has 2 aromatic carbocycles. The molecule has 0 fully saturated rings. The van der Waals surface area contributed by atoms with Crippen LogP contribution in [0.15, 0.2) is 48.5 Å². The number of hydrogen-bond donors (Lipinski definition) is 1. The number of halogens is 1. The molecule has 6 nitrogen and oxygen atoms in total. The summed E-state index contributed by atoms with van der Waals surface area (Å²) in [5.41, 5.74) is 1.20. The number of nitro benzene ring substituents is 1. The minimum absolute atomic E-state index is 0.0876. The van der Waals surface area contributed by atoms with Crippen molar-refractivity contribution < 1.29 is 17.7 Å². The van der Waals surface area contributed by atoms with E-state index in [9.17, 15) is 22.9 Å². The number of nitro groups is 1. The van der Waals surface area contributed by atoms with E-state index in [2.05, 4.69) is 4.72 Å². The highest BCUT2D eigenvalue weighted by Crippen LogP contribution is 2.13. The van der Waals surface area contributed by atoms with Crippen molar-refractivity contribution in [2.45, 2.75) is 12.2 Å². The van der Waals surface area contributed by atoms with Crippen LogP contribution in [-0.4, -0.2) is 19.9 Å². The first-order valence-electron chi connectivity index (χ1n) is 6.81. The second-order valence-corrected chi connectivity index (χ2v) is 6.76. The average Bonchev–Trinajstić information content (AvgIpc) is 2.49. The predicted molar refractivity (Wildman–Crippen MR) is 83.8 cm³/mol. The summed E-state index contributed by atoms with van der Waals surface area (Å²) in [7, 11) is -3.54. The molecule has 0 saturated heterocycles. The van der Waals surface area contributed by atoms with Crippen molar-refractivity contribution in [3.8, 4) is 0 Å². The summed E-state index contributed by atoms with van der Waals surface area (Å²) in [4.78, 5) is 10.0. The zero-order chi connectivity index (χ0) is 16.9. The second kappa shape index (κ2) is 7.30. The molecule has 0 amide bonds. The highest BCUT2D eigenvalue weighted by molar-refractivity contribution is 7.88. The Bertz CT molecular complexity index is 774. The highest BCUT2D eigenvalue weighted by Gasteiger charge is 2.12. The van der Waals surface area contributed by atoms with E-state index < -0.39 is 14.9 Å². The SMILES string of the molecule is O=[N+]([O-])c1ccc(CS(=O)(=O)NCCc2ccc(F)cc2)cc1. The van der Waals surface area contributed by atoms with Crippen molar-refractivity contribution in [1.29, 1.82) is 0 Å². The molecule has 0 unspecified atom stereocenters. The first-order chi connectivity index (χ1) is 10.9. The molecule has 0 saturated carbocycles. The van der Waals surface area contributed by atoms with Crippen LogP contribution in [0.4, 0.5) is 10.1 Å². The van der Waals surface area contributed by atoms with Crippen LogP contribution in [0.5, 0.6) is 0 Å². The molecule has 0 aliphatic heterocycles. The molecular weight excluding hydrogens is 323 g/mol. The number of nitrogens with zero attached hydrogens (tertiary/aromatic N) is 1. The van der Waals surface area contributed by atoms with Crippen molar-refractivity contribution in [3.05, 3.63) is 75.6 Å². The van der Waals surface area contributed by atoms with E-state index in [4.69, 9.17) is 0 Å². The summed E-state index contributed by atoms with van der Waals surface area (Å²) < 4.78 is 39.1. The third kappa shape index (κ3) is 5.42. The van der Waals surface area contributed by atoms with Gasteiger partial charge < -0.3 is 0 Å². The van der Waals surface area contributed by atoms with E-state index in [1.54, 1.807) is 12.1 Å². The van der Waals surface area contributed by atoms with E-state index in [0.29, 0.717) is 12.0 Å². The van der Waals surface area contributed by atoms with Gasteiger partial charge >= 0.3 is 0 Å². The first-order valence-corrected chi connectivity index (χ1v) is 8.46. The van der Waals surface area contributed by atoms with Crippen molar-refractivity contribution in [1.82, 2.24) is 4.72 Å². The summed E-state index contributed by atoms with van der Waals surface area (Å²) in [6.45, 7) is 0.195. The van der Waals surface area contributed by atoms with Crippen LogP contribution in [0, 0.1) is 15.9 Å². The van der Waals surface area contributed by atoms with Crippen molar-refractivity contribution in [3.63, 3.8) is 0 Å². The van der Waals surface area contributed by atoms with Gasteiger partial charge in [-0.05, 0) is 29.7 Å². The topological polar surface area (TPSA) is 89.3 Å². The van der Waals surface area contributed by atoms with Gasteiger partial charge in [-0.3, -0.25) is 10.1 Å². The third-order valence-electron chi connectivity index (χ3n) is 3.15. The van der Waals surface area contributed by atoms with E-state index >= 15 is 0 Å². The van der Waals surface area contributed by atoms with Gasteiger partial charge in [0.2, 0.25) is 10.0 Å². The molecule has 2 rings (SSSR count). The molecule has 122 valence electrons. The maximum atomic E-state index is 12.8. The number of non-ortho nitro benzene ring substituents is 1. The van der Waals surface area contributed by atoms with Crippen LogP contribution in [-0.2, 0) is 22.2 Å². The minimum atomic E-state index is -3.54. The van der Waals surface area contributed by atoms with Gasteiger partial charge in [-0.15, -0.1) is 0 Å². The lowest BCUT2D eigenvalue weighted by Crippen LogP contribution is -2.27. The van der Waals surface area contributed by atoms with Gasteiger partial charge in [0.15, 0.2) is 0 Å². The fourth-order valence-corrected chi connectivity index (χ4v) is 3.13. The molecule has 1 N–H and O–H groups in total. The second-order valence-electron chi connectivity index (χ2n) is 4.95. The lowest BCUT2D eigenvalue weighted by molar-refractivity contribution is -0.384. The molecule has 0 heterocycles. The molecule has 0 aliphatic carbocycles. The fourth-order valence-electron chi connectivity index (χ4n) is 1.99. The Kier molecular flexibility index (Phi) is 5.41. The summed E-state index contributed by atoms with van der Waals surface area (Å²) in [5.74, 6) is -0.596. The molecule has 0 atom stereocenters. The number of benzene rings is 2. The quantitative estimate of drug-likeness (QED) is 0.620. The standard InChI is InChI=1S/C15H15FN2O4S/c16-14-5-1-12(2-6-14)9-10-17-23(21,22)11-13-3-7-15(8-4-13)18(19)20/h1-8,17H,9-11H2. The van der Waals surface area contributed by atoms with Gasteiger partial charge in [-0.1, -0.05) is 24.3 Å². The predicted octanol–water partition coefficient (Wildman–Crippen LogP) is 2.40. The summed E-state index contributed by atoms with van der Waals surface area (Å²) in [6, 6.07) is 11.2. The Morgan fingerprint density at radius 2 is 1.57 bits per heavy atom. The van der Waals surface area contributed by atoms with Crippen LogP contribution in [0.25, 0.3) is 0 Å². The van der Waals surface area contributed by atoms with Crippen LogP contribution in [0.2, 0.25) is 0 Å². The fraction of sp³-hybridized carbons (Fsp3) is 0.200. The van der Waals surface area contributed by atoms with Gasteiger partial charge in [-0.25, -0.2) is 17.5 Å². The Morgan fingerprint density at radius 3 is 2.13 bits per heavy atom. The molecular formula is C15H15FN2O4S. The lowest BCUT2D eigenvalue weighted by atomic mass is 10.1.